The molecule has 16 heteroatoms. The number of carbonyl (C=O) groups is 6. The van der Waals surface area contributed by atoms with Crippen LogP contribution in [0.2, 0.25) is 0 Å². The van der Waals surface area contributed by atoms with Crippen LogP contribution in [-0.4, -0.2) is 104 Å². The molecule has 9 atom stereocenters. The molecular formula is C38H37FO15. The molecule has 0 spiro atoms. The number of ether oxygens (including phenoxy) is 9. The quantitative estimate of drug-likeness (QED) is 0.193. The fourth-order valence-electron chi connectivity index (χ4n) is 5.73. The van der Waals surface area contributed by atoms with Crippen LogP contribution in [0.1, 0.15) is 51.8 Å². The van der Waals surface area contributed by atoms with Crippen LogP contribution in [0.4, 0.5) is 4.39 Å². The fraction of sp³-hybridized carbons (Fsp3) is 0.368. The number of hydrogen-bond donors (Lipinski definition) is 0. The van der Waals surface area contributed by atoms with Crippen molar-refractivity contribution in [3.8, 4) is 0 Å². The molecule has 0 radical (unpaired) electrons. The lowest BCUT2D eigenvalue weighted by Gasteiger charge is -2.43. The number of rotatable bonds is 12. The summed E-state index contributed by atoms with van der Waals surface area (Å²) in [5.74, 6) is -5.30. The van der Waals surface area contributed by atoms with E-state index in [0.29, 0.717) is 0 Å². The molecule has 2 aliphatic rings. The third-order valence-corrected chi connectivity index (χ3v) is 8.06. The normalized spacial score (nSPS) is 26.3. The summed E-state index contributed by atoms with van der Waals surface area (Å²) < 4.78 is 65.9. The maximum atomic E-state index is 15.5. The zero-order valence-corrected chi connectivity index (χ0v) is 29.3. The van der Waals surface area contributed by atoms with Gasteiger partial charge in [0.25, 0.3) is 0 Å². The number of esters is 6. The van der Waals surface area contributed by atoms with Gasteiger partial charge in [-0.15, -0.1) is 0 Å². The Balaban J connectivity index is 1.47. The molecule has 3 aromatic carbocycles. The van der Waals surface area contributed by atoms with Gasteiger partial charge in [-0.3, -0.25) is 14.4 Å². The van der Waals surface area contributed by atoms with Crippen molar-refractivity contribution in [3.05, 3.63) is 108 Å². The highest BCUT2D eigenvalue weighted by molar-refractivity contribution is 5.91. The molecule has 286 valence electrons. The first-order chi connectivity index (χ1) is 25.9. The van der Waals surface area contributed by atoms with Gasteiger partial charge >= 0.3 is 35.8 Å². The van der Waals surface area contributed by atoms with Crippen LogP contribution < -0.4 is 0 Å². The maximum Gasteiger partial charge on any atom is 0.338 e. The second kappa shape index (κ2) is 18.4. The largest absolute Gasteiger partial charge is 0.456 e. The standard InChI is InChI=1S/C38H37FO15/c1-21(40)48-29-27(51-34(39)32(50-23(3)42)31(29)49-22(2)41)19-46-38-33(54-37(45)26-17-11-6-12-18-26)30(53-36(44)25-15-9-5-10-16-25)28(20-47-38)52-35(43)24-13-7-4-8-14-24/h4-18,27-34,38H,19-20H2,1-3H3/t27-,28-,29-,30+,31+,32-,33-,34?,38-/m1/s1. The Hall–Kier alpha value is -5.71. The lowest BCUT2D eigenvalue weighted by Crippen LogP contribution is -2.62. The zero-order valence-electron chi connectivity index (χ0n) is 29.3. The van der Waals surface area contributed by atoms with Gasteiger partial charge in [0, 0.05) is 20.8 Å². The molecule has 54 heavy (non-hydrogen) atoms. The van der Waals surface area contributed by atoms with E-state index in [1.54, 1.807) is 54.6 Å². The molecule has 1 unspecified atom stereocenters. The number of hydrogen-bond acceptors (Lipinski definition) is 15. The Morgan fingerprint density at radius 3 is 1.46 bits per heavy atom. The summed E-state index contributed by atoms with van der Waals surface area (Å²) in [7, 11) is 0. The lowest BCUT2D eigenvalue weighted by atomic mass is 9.98. The molecule has 15 nitrogen and oxygen atoms in total. The van der Waals surface area contributed by atoms with Crippen LogP contribution in [0.5, 0.6) is 0 Å². The first kappa shape index (κ1) is 39.5. The lowest BCUT2D eigenvalue weighted by molar-refractivity contribution is -0.304. The summed E-state index contributed by atoms with van der Waals surface area (Å²) in [5.41, 5.74) is 0.387. The third-order valence-electron chi connectivity index (χ3n) is 8.06. The smallest absolute Gasteiger partial charge is 0.338 e. The predicted octanol–water partition coefficient (Wildman–Crippen LogP) is 3.53. The highest BCUT2D eigenvalue weighted by Crippen LogP contribution is 2.32. The van der Waals surface area contributed by atoms with Crippen molar-refractivity contribution in [2.45, 2.75) is 76.1 Å². The highest BCUT2D eigenvalue weighted by Gasteiger charge is 2.54. The van der Waals surface area contributed by atoms with Crippen molar-refractivity contribution in [2.75, 3.05) is 13.2 Å². The van der Waals surface area contributed by atoms with E-state index >= 15 is 4.39 Å². The average Bonchev–Trinajstić information content (AvgIpc) is 3.15. The van der Waals surface area contributed by atoms with Gasteiger partial charge in [0.05, 0.1) is 29.9 Å². The summed E-state index contributed by atoms with van der Waals surface area (Å²) in [5, 5.41) is 0. The van der Waals surface area contributed by atoms with Crippen molar-refractivity contribution in [1.29, 1.82) is 0 Å². The minimum atomic E-state index is -2.39. The molecule has 0 amide bonds. The van der Waals surface area contributed by atoms with Crippen LogP contribution in [0.3, 0.4) is 0 Å². The highest BCUT2D eigenvalue weighted by atomic mass is 19.1. The molecule has 2 fully saturated rings. The molecule has 0 bridgehead atoms. The monoisotopic (exact) mass is 752 g/mol. The SMILES string of the molecule is CC(=O)O[C@H]1[C@H](OC(C)=O)[C@@H](OC(C)=O)C(F)O[C@@H]1CO[C@@H]1OC[C@@H](OC(=O)c2ccccc2)[C@H](OC(=O)c2ccccc2)[C@H]1OC(=O)c1ccccc1. The molecule has 2 saturated heterocycles. The molecule has 2 aliphatic heterocycles. The van der Waals surface area contributed by atoms with Gasteiger partial charge in [-0.05, 0) is 36.4 Å². The Kier molecular flexibility index (Phi) is 13.4. The Bertz CT molecular complexity index is 1770. The van der Waals surface area contributed by atoms with Crippen LogP contribution in [-0.2, 0) is 57.0 Å². The summed E-state index contributed by atoms with van der Waals surface area (Å²) in [6, 6.07) is 23.6. The number of alkyl halides is 1. The fourth-order valence-corrected chi connectivity index (χ4v) is 5.73. The molecule has 0 saturated carbocycles. The van der Waals surface area contributed by atoms with Crippen molar-refractivity contribution >= 4 is 35.8 Å². The van der Waals surface area contributed by atoms with E-state index in [0.717, 1.165) is 20.8 Å². The molecule has 0 aromatic heterocycles. The Labute approximate surface area is 308 Å². The molecule has 0 aliphatic carbocycles. The van der Waals surface area contributed by atoms with Crippen LogP contribution >= 0.6 is 0 Å². The van der Waals surface area contributed by atoms with Crippen molar-refractivity contribution < 1.29 is 75.8 Å². The van der Waals surface area contributed by atoms with Crippen molar-refractivity contribution in [1.82, 2.24) is 0 Å². The second-order valence-electron chi connectivity index (χ2n) is 12.1. The molecule has 5 rings (SSSR count). The van der Waals surface area contributed by atoms with Crippen molar-refractivity contribution in [3.63, 3.8) is 0 Å². The van der Waals surface area contributed by atoms with E-state index in [4.69, 9.17) is 42.6 Å². The maximum absolute atomic E-state index is 15.5. The minimum Gasteiger partial charge on any atom is -0.456 e. The third kappa shape index (κ3) is 10.2. The summed E-state index contributed by atoms with van der Waals surface area (Å²) in [6.45, 7) is 1.92. The molecular weight excluding hydrogens is 715 g/mol. The molecule has 3 aromatic rings. The average molecular weight is 753 g/mol. The number of benzene rings is 3. The summed E-state index contributed by atoms with van der Waals surface area (Å²) in [4.78, 5) is 76.2. The molecule has 0 N–H and O–H groups in total. The van der Waals surface area contributed by atoms with Gasteiger partial charge in [-0.25, -0.2) is 18.8 Å². The van der Waals surface area contributed by atoms with Crippen LogP contribution in [0.15, 0.2) is 91.0 Å². The van der Waals surface area contributed by atoms with Gasteiger partial charge in [0.1, 0.15) is 6.10 Å². The van der Waals surface area contributed by atoms with Gasteiger partial charge in [-0.1, -0.05) is 54.6 Å². The minimum absolute atomic E-state index is 0.0966. The van der Waals surface area contributed by atoms with E-state index in [-0.39, 0.29) is 16.7 Å². The van der Waals surface area contributed by atoms with Gasteiger partial charge in [0.15, 0.2) is 42.9 Å². The Morgan fingerprint density at radius 1 is 0.556 bits per heavy atom. The summed E-state index contributed by atoms with van der Waals surface area (Å²) >= 11 is 0. The topological polar surface area (TPSA) is 185 Å². The van der Waals surface area contributed by atoms with Crippen molar-refractivity contribution in [2.24, 2.45) is 0 Å². The summed E-state index contributed by atoms with van der Waals surface area (Å²) in [6.07, 6.45) is -15.2. The van der Waals surface area contributed by atoms with Gasteiger partial charge in [-0.2, -0.15) is 0 Å². The van der Waals surface area contributed by atoms with Gasteiger partial charge < -0.3 is 42.6 Å². The zero-order chi connectivity index (χ0) is 38.8. The first-order valence-electron chi connectivity index (χ1n) is 16.7. The van der Waals surface area contributed by atoms with E-state index in [1.165, 1.54) is 36.4 Å². The number of carbonyl (C=O) groups excluding carboxylic acids is 6. The second-order valence-corrected chi connectivity index (χ2v) is 12.1. The van der Waals surface area contributed by atoms with Crippen LogP contribution in [0.25, 0.3) is 0 Å². The van der Waals surface area contributed by atoms with E-state index in [9.17, 15) is 28.8 Å². The van der Waals surface area contributed by atoms with Crippen LogP contribution in [0, 0.1) is 0 Å². The molecule has 2 heterocycles. The van der Waals surface area contributed by atoms with E-state index < -0.39 is 104 Å². The first-order valence-corrected chi connectivity index (χ1v) is 16.7. The van der Waals surface area contributed by atoms with E-state index in [1.807, 2.05) is 0 Å². The predicted molar refractivity (Wildman–Crippen MR) is 179 cm³/mol. The Morgan fingerprint density at radius 2 is 0.981 bits per heavy atom. The number of halogens is 1. The van der Waals surface area contributed by atoms with E-state index in [2.05, 4.69) is 0 Å². The van der Waals surface area contributed by atoms with Gasteiger partial charge in [0.2, 0.25) is 6.36 Å².